The highest BCUT2D eigenvalue weighted by atomic mass is 16.7. The fourth-order valence-electron chi connectivity index (χ4n) is 2.06. The van der Waals surface area contributed by atoms with Crippen LogP contribution in [0, 0.1) is 0 Å². The summed E-state index contributed by atoms with van der Waals surface area (Å²) in [5, 5.41) is 84.4. The van der Waals surface area contributed by atoms with Crippen LogP contribution in [0.4, 0.5) is 0 Å². The highest BCUT2D eigenvalue weighted by Gasteiger charge is 2.44. The van der Waals surface area contributed by atoms with Gasteiger partial charge in [-0.2, -0.15) is 0 Å². The first kappa shape index (κ1) is 20.6. The second-order valence-electron chi connectivity index (χ2n) is 5.33. The highest BCUT2D eigenvalue weighted by molar-refractivity contribution is 4.89. The lowest BCUT2D eigenvalue weighted by atomic mass is 9.99. The maximum Gasteiger partial charge on any atom is 0.186 e. The Morgan fingerprint density at radius 3 is 1.91 bits per heavy atom. The Labute approximate surface area is 131 Å². The molecule has 1 heterocycles. The van der Waals surface area contributed by atoms with Crippen LogP contribution in [-0.4, -0.2) is 121 Å². The molecule has 0 spiro atoms. The fourth-order valence-corrected chi connectivity index (χ4v) is 2.06. The van der Waals surface area contributed by atoms with Crippen LogP contribution in [0.3, 0.4) is 0 Å². The van der Waals surface area contributed by atoms with Gasteiger partial charge < -0.3 is 55.4 Å². The van der Waals surface area contributed by atoms with Crippen LogP contribution in [-0.2, 0) is 9.47 Å². The van der Waals surface area contributed by atoms with Gasteiger partial charge in [0.1, 0.15) is 48.8 Å². The number of rotatable bonds is 8. The van der Waals surface area contributed by atoms with Crippen LogP contribution >= 0.6 is 0 Å². The minimum absolute atomic E-state index is 0.655. The third-order valence-corrected chi connectivity index (χ3v) is 3.61. The second-order valence-corrected chi connectivity index (χ2v) is 5.33. The summed E-state index contributed by atoms with van der Waals surface area (Å²) in [6, 6.07) is 0. The quantitative estimate of drug-likeness (QED) is 0.203. The number of aliphatic hydroxyl groups is 9. The Bertz CT molecular complexity index is 341. The van der Waals surface area contributed by atoms with Crippen molar-refractivity contribution in [3.05, 3.63) is 0 Å². The minimum atomic E-state index is -1.86. The first-order valence-electron chi connectivity index (χ1n) is 6.99. The zero-order valence-electron chi connectivity index (χ0n) is 12.2. The third kappa shape index (κ3) is 5.01. The van der Waals surface area contributed by atoms with Gasteiger partial charge in [0, 0.05) is 0 Å². The molecule has 0 aromatic rings. The van der Waals surface area contributed by atoms with Crippen molar-refractivity contribution in [2.45, 2.75) is 55.1 Å². The van der Waals surface area contributed by atoms with Gasteiger partial charge >= 0.3 is 0 Å². The van der Waals surface area contributed by atoms with E-state index < -0.39 is 74.9 Å². The molecule has 0 aromatic carbocycles. The number of aliphatic hydroxyl groups excluding tert-OH is 9. The SMILES string of the molecule is OCC(O)C(O)C(O)C(O)CO[C@H]1O[C@H](CO)[C@@H](O)[C@H](O)[C@H]1O. The van der Waals surface area contributed by atoms with Crippen molar-refractivity contribution in [2.24, 2.45) is 0 Å². The Morgan fingerprint density at radius 1 is 0.826 bits per heavy atom. The topological polar surface area (TPSA) is 201 Å². The Hall–Kier alpha value is -0.440. The normalized spacial score (nSPS) is 37.2. The number of hydrogen-bond donors (Lipinski definition) is 9. The standard InChI is InChI=1S/C12H24O11/c13-1-4(15)7(17)8(18)5(16)3-22-12-11(21)10(20)9(19)6(2-14)23-12/h4-21H,1-3H2/t4?,5?,6-,7?,8?,9-,10+,11-,12+/m1/s1. The zero-order chi connectivity index (χ0) is 17.7. The smallest absolute Gasteiger partial charge is 0.186 e. The van der Waals surface area contributed by atoms with Crippen molar-refractivity contribution in [1.82, 2.24) is 0 Å². The van der Waals surface area contributed by atoms with Gasteiger partial charge in [0.15, 0.2) is 6.29 Å². The molecule has 11 heteroatoms. The summed E-state index contributed by atoms with van der Waals surface area (Å²) in [6.45, 7) is -2.16. The molecule has 0 radical (unpaired) electrons. The molecule has 1 aliphatic heterocycles. The molecule has 1 fully saturated rings. The number of ether oxygens (including phenoxy) is 2. The van der Waals surface area contributed by atoms with Gasteiger partial charge in [-0.1, -0.05) is 0 Å². The summed E-state index contributed by atoms with van der Waals surface area (Å²) in [7, 11) is 0. The molecule has 1 aliphatic rings. The van der Waals surface area contributed by atoms with E-state index in [9.17, 15) is 35.7 Å². The lowest BCUT2D eigenvalue weighted by molar-refractivity contribution is -0.306. The van der Waals surface area contributed by atoms with Gasteiger partial charge in [-0.05, 0) is 0 Å². The van der Waals surface area contributed by atoms with E-state index in [0.717, 1.165) is 0 Å². The highest BCUT2D eigenvalue weighted by Crippen LogP contribution is 2.22. The van der Waals surface area contributed by atoms with Crippen molar-refractivity contribution in [2.75, 3.05) is 19.8 Å². The van der Waals surface area contributed by atoms with Crippen molar-refractivity contribution in [1.29, 1.82) is 0 Å². The first-order chi connectivity index (χ1) is 10.7. The predicted octanol–water partition coefficient (Wildman–Crippen LogP) is -5.76. The van der Waals surface area contributed by atoms with Gasteiger partial charge in [-0.15, -0.1) is 0 Å². The summed E-state index contributed by atoms with van der Waals surface area (Å²) >= 11 is 0. The monoisotopic (exact) mass is 344 g/mol. The molecule has 0 amide bonds. The zero-order valence-corrected chi connectivity index (χ0v) is 12.2. The number of hydrogen-bond acceptors (Lipinski definition) is 11. The molecule has 0 bridgehead atoms. The summed E-state index contributed by atoms with van der Waals surface area (Å²) in [4.78, 5) is 0. The van der Waals surface area contributed by atoms with E-state index in [1.165, 1.54) is 0 Å². The van der Waals surface area contributed by atoms with Gasteiger partial charge in [-0.3, -0.25) is 0 Å². The molecule has 1 saturated heterocycles. The Kier molecular flexibility index (Phi) is 8.20. The van der Waals surface area contributed by atoms with Crippen LogP contribution in [0.2, 0.25) is 0 Å². The maximum absolute atomic E-state index is 9.70. The van der Waals surface area contributed by atoms with Gasteiger partial charge in [-0.25, -0.2) is 0 Å². The first-order valence-corrected chi connectivity index (χ1v) is 6.99. The molecular formula is C12H24O11. The third-order valence-electron chi connectivity index (χ3n) is 3.61. The Balaban J connectivity index is 2.55. The van der Waals surface area contributed by atoms with Gasteiger partial charge in [0.25, 0.3) is 0 Å². The average molecular weight is 344 g/mol. The van der Waals surface area contributed by atoms with E-state index in [4.69, 9.17) is 19.7 Å². The van der Waals surface area contributed by atoms with E-state index in [-0.39, 0.29) is 0 Å². The summed E-state index contributed by atoms with van der Waals surface area (Å²) < 4.78 is 9.99. The summed E-state index contributed by atoms with van der Waals surface area (Å²) in [5.41, 5.74) is 0. The van der Waals surface area contributed by atoms with E-state index in [1.54, 1.807) is 0 Å². The maximum atomic E-state index is 9.70. The molecule has 0 saturated carbocycles. The van der Waals surface area contributed by atoms with Crippen LogP contribution in [0.1, 0.15) is 0 Å². The van der Waals surface area contributed by atoms with Gasteiger partial charge in [0.05, 0.1) is 19.8 Å². The minimum Gasteiger partial charge on any atom is -0.394 e. The molecule has 0 aliphatic carbocycles. The largest absolute Gasteiger partial charge is 0.394 e. The molecular weight excluding hydrogens is 320 g/mol. The molecule has 0 aromatic heterocycles. The molecule has 1 rings (SSSR count). The molecule has 138 valence electrons. The van der Waals surface area contributed by atoms with E-state index in [1.807, 2.05) is 0 Å². The summed E-state index contributed by atoms with van der Waals surface area (Å²) in [6.07, 6.45) is -14.7. The summed E-state index contributed by atoms with van der Waals surface area (Å²) in [5.74, 6) is 0. The molecule has 9 N–H and O–H groups in total. The van der Waals surface area contributed by atoms with Crippen LogP contribution < -0.4 is 0 Å². The van der Waals surface area contributed by atoms with Crippen molar-refractivity contribution in [3.8, 4) is 0 Å². The van der Waals surface area contributed by atoms with Crippen LogP contribution in [0.5, 0.6) is 0 Å². The Morgan fingerprint density at radius 2 is 1.39 bits per heavy atom. The predicted molar refractivity (Wildman–Crippen MR) is 70.8 cm³/mol. The molecule has 23 heavy (non-hydrogen) atoms. The average Bonchev–Trinajstić information content (AvgIpc) is 2.56. The van der Waals surface area contributed by atoms with Gasteiger partial charge in [0.2, 0.25) is 0 Å². The molecule has 11 nitrogen and oxygen atoms in total. The van der Waals surface area contributed by atoms with Crippen molar-refractivity contribution >= 4 is 0 Å². The lowest BCUT2D eigenvalue weighted by Crippen LogP contribution is -2.59. The molecule has 4 unspecified atom stereocenters. The lowest BCUT2D eigenvalue weighted by Gasteiger charge is -2.40. The van der Waals surface area contributed by atoms with E-state index in [2.05, 4.69) is 0 Å². The van der Waals surface area contributed by atoms with E-state index in [0.29, 0.717) is 0 Å². The van der Waals surface area contributed by atoms with Crippen molar-refractivity contribution in [3.63, 3.8) is 0 Å². The van der Waals surface area contributed by atoms with Crippen LogP contribution in [0.15, 0.2) is 0 Å². The molecule has 9 atom stereocenters. The van der Waals surface area contributed by atoms with Crippen molar-refractivity contribution < 1.29 is 55.4 Å². The second kappa shape index (κ2) is 9.15. The van der Waals surface area contributed by atoms with E-state index >= 15 is 0 Å². The fraction of sp³-hybridized carbons (Fsp3) is 1.00. The van der Waals surface area contributed by atoms with Crippen LogP contribution in [0.25, 0.3) is 0 Å².